The van der Waals surface area contributed by atoms with Gasteiger partial charge in [0.2, 0.25) is 0 Å². The zero-order chi connectivity index (χ0) is 57.2. The van der Waals surface area contributed by atoms with E-state index >= 15 is 0 Å². The van der Waals surface area contributed by atoms with E-state index in [-0.39, 0.29) is 19.1 Å². The smallest absolute Gasteiger partial charge is 0.143 e. The topological polar surface area (TPSA) is 58.0 Å². The van der Waals surface area contributed by atoms with Crippen molar-refractivity contribution in [2.24, 2.45) is 0 Å². The Labute approximate surface area is 516 Å². The Hall–Kier alpha value is -8.12. The van der Waals surface area contributed by atoms with Crippen LogP contribution in [0.25, 0.3) is 62.9 Å². The second-order valence-electron chi connectivity index (χ2n) is 23.6. The minimum Gasteiger partial charge on any atom is -0.308 e. The molecular formula is C74H60Br2N6S2. The molecule has 412 valence electrons. The minimum absolute atomic E-state index is 0. The maximum atomic E-state index is 5.36. The van der Waals surface area contributed by atoms with Crippen LogP contribution in [0, 0.1) is 0 Å². The molecule has 4 aromatic heterocycles. The molecule has 0 atom stereocenters. The van der Waals surface area contributed by atoms with Gasteiger partial charge in [0.15, 0.2) is 0 Å². The van der Waals surface area contributed by atoms with Crippen LogP contribution in [0.5, 0.6) is 0 Å². The third-order valence-electron chi connectivity index (χ3n) is 17.6. The van der Waals surface area contributed by atoms with Crippen LogP contribution in [-0.2, 0) is 22.7 Å². The van der Waals surface area contributed by atoms with Crippen molar-refractivity contribution < 1.29 is 2.85 Å². The van der Waals surface area contributed by atoms with Crippen molar-refractivity contribution in [2.45, 2.75) is 64.2 Å². The highest BCUT2D eigenvalue weighted by Crippen LogP contribution is 2.58. The summed E-state index contributed by atoms with van der Waals surface area (Å²) in [4.78, 5) is 27.0. The quantitative estimate of drug-likeness (QED) is 0.172. The Morgan fingerprint density at radius 3 is 1.06 bits per heavy atom. The average Bonchev–Trinajstić information content (AvgIpc) is 0.972. The van der Waals surface area contributed by atoms with Gasteiger partial charge in [-0.25, -0.2) is 19.9 Å². The molecule has 6 nitrogen and oxygen atoms in total. The van der Waals surface area contributed by atoms with E-state index < -0.39 is 0 Å². The summed E-state index contributed by atoms with van der Waals surface area (Å²) in [6, 6.07) is 78.5. The number of anilines is 6. The fraction of sp³-hybridized carbons (Fsp3) is 0.135. The molecule has 0 amide bonds. The van der Waals surface area contributed by atoms with Gasteiger partial charge >= 0.3 is 0 Å². The molecule has 2 aliphatic heterocycles. The molecule has 0 saturated heterocycles. The van der Waals surface area contributed by atoms with E-state index in [9.17, 15) is 0 Å². The zero-order valence-corrected chi connectivity index (χ0v) is 52.1. The molecule has 14 aromatic rings. The molecule has 6 heterocycles. The van der Waals surface area contributed by atoms with Crippen LogP contribution in [0.15, 0.2) is 227 Å². The first-order valence-corrected chi connectivity index (χ1v) is 31.7. The van der Waals surface area contributed by atoms with Crippen molar-refractivity contribution in [3.05, 3.63) is 272 Å². The summed E-state index contributed by atoms with van der Waals surface area (Å²) < 4.78 is 4.42. The molecule has 0 bridgehead atoms. The van der Waals surface area contributed by atoms with Gasteiger partial charge in [-0.1, -0.05) is 199 Å². The van der Waals surface area contributed by atoms with Gasteiger partial charge < -0.3 is 9.80 Å². The van der Waals surface area contributed by atoms with Crippen molar-refractivity contribution in [3.8, 4) is 0 Å². The average molecular weight is 1260 g/mol. The Morgan fingerprint density at radius 2 is 0.655 bits per heavy atom. The number of hydrogen-bond donors (Lipinski definition) is 0. The molecule has 0 N–H and O–H groups in total. The number of aromatic nitrogens is 4. The van der Waals surface area contributed by atoms with E-state index in [0.29, 0.717) is 0 Å². The highest BCUT2D eigenvalue weighted by atomic mass is 79.9. The predicted molar refractivity (Wildman–Crippen MR) is 366 cm³/mol. The molecule has 0 saturated carbocycles. The summed E-state index contributed by atoms with van der Waals surface area (Å²) in [6.07, 6.45) is 1.08. The van der Waals surface area contributed by atoms with Crippen LogP contribution in [0.3, 0.4) is 0 Å². The number of benzene rings is 10. The van der Waals surface area contributed by atoms with Gasteiger partial charge in [-0.3, -0.25) is 0 Å². The summed E-state index contributed by atoms with van der Waals surface area (Å²) in [6.45, 7) is 14.0. The first-order valence-electron chi connectivity index (χ1n) is 28.5. The largest absolute Gasteiger partial charge is 0.308 e. The Balaban J connectivity index is 0.000000151. The van der Waals surface area contributed by atoms with E-state index in [2.05, 4.69) is 277 Å². The number of halogens is 2. The fourth-order valence-corrected chi connectivity index (χ4v) is 16.2. The van der Waals surface area contributed by atoms with E-state index in [0.717, 1.165) is 74.9 Å². The predicted octanol–water partition coefficient (Wildman–Crippen LogP) is 22.1. The van der Waals surface area contributed by atoms with Crippen LogP contribution >= 0.6 is 54.5 Å². The van der Waals surface area contributed by atoms with Gasteiger partial charge in [0, 0.05) is 48.2 Å². The second kappa shape index (κ2) is 20.0. The molecule has 3 aliphatic rings. The second-order valence-corrected chi connectivity index (χ2v) is 27.4. The van der Waals surface area contributed by atoms with Crippen LogP contribution in [0.1, 0.15) is 88.9 Å². The van der Waals surface area contributed by atoms with Gasteiger partial charge in [0.1, 0.15) is 20.7 Å². The van der Waals surface area contributed by atoms with E-state index in [1.54, 1.807) is 22.7 Å². The Bertz CT molecular complexity index is 4870. The molecule has 84 heavy (non-hydrogen) atoms. The Kier molecular flexibility index (Phi) is 12.6. The van der Waals surface area contributed by atoms with E-state index in [1.807, 2.05) is 24.3 Å². The van der Waals surface area contributed by atoms with Gasteiger partial charge in [0.05, 0.1) is 56.2 Å². The summed E-state index contributed by atoms with van der Waals surface area (Å²) in [5.41, 5.74) is 23.3. The summed E-state index contributed by atoms with van der Waals surface area (Å²) in [7, 11) is 0. The molecule has 10 aromatic carbocycles. The van der Waals surface area contributed by atoms with Crippen molar-refractivity contribution in [1.82, 2.24) is 19.9 Å². The summed E-state index contributed by atoms with van der Waals surface area (Å²) in [5.74, 6) is 0. The number of rotatable bonds is 2. The van der Waals surface area contributed by atoms with Crippen LogP contribution in [0.4, 0.5) is 34.1 Å². The molecule has 10 heteroatoms. The highest BCUT2D eigenvalue weighted by molar-refractivity contribution is 9.13. The SMILES string of the molecule is Brc1cc2nc3sc4ccccc4c3nc2cc1Br.CC1(C)c2ccccc2Cc2ccccc21.CC1(C)c2ccccc2N(c2cc3nc4sc5ccccc5c4nc3cc2N2c3ccccc3C(C)(C)c3ccccc32)c2ccccc21.[3HH].[HH]. The lowest BCUT2D eigenvalue weighted by Crippen LogP contribution is -2.33. The van der Waals surface area contributed by atoms with Crippen LogP contribution in [0.2, 0.25) is 0 Å². The third-order valence-corrected chi connectivity index (χ3v) is 21.6. The van der Waals surface area contributed by atoms with Gasteiger partial charge in [-0.2, -0.15) is 0 Å². The molecule has 0 fully saturated rings. The number of hydrogen-bond acceptors (Lipinski definition) is 8. The fourth-order valence-electron chi connectivity index (χ4n) is 13.4. The summed E-state index contributed by atoms with van der Waals surface area (Å²) >= 11 is 10.4. The molecule has 0 spiro atoms. The number of thiophene rings is 2. The number of nitrogens with zero attached hydrogens (tertiary/aromatic N) is 6. The van der Waals surface area contributed by atoms with E-state index in [1.165, 1.54) is 82.0 Å². The Morgan fingerprint density at radius 1 is 0.357 bits per heavy atom. The molecule has 17 rings (SSSR count). The van der Waals surface area contributed by atoms with Gasteiger partial charge in [-0.05, 0) is 143 Å². The van der Waals surface area contributed by atoms with Gasteiger partial charge in [-0.15, -0.1) is 22.7 Å². The normalized spacial score (nSPS) is 14.9. The number of para-hydroxylation sites is 4. The molecule has 0 unspecified atom stereocenters. The summed E-state index contributed by atoms with van der Waals surface area (Å²) in [5, 5.41) is 2.33. The minimum atomic E-state index is -0.170. The van der Waals surface area contributed by atoms with Crippen molar-refractivity contribution in [1.29, 1.82) is 0 Å². The maximum Gasteiger partial charge on any atom is 0.143 e. The molecular weight excluding hydrogens is 1200 g/mol. The van der Waals surface area contributed by atoms with Crippen LogP contribution in [-0.4, -0.2) is 19.9 Å². The lowest BCUT2D eigenvalue weighted by molar-refractivity contribution is 0.610. The lowest BCUT2D eigenvalue weighted by Gasteiger charge is -2.45. The molecule has 0 radical (unpaired) electrons. The van der Waals surface area contributed by atoms with E-state index in [4.69, 9.17) is 19.9 Å². The monoisotopic (exact) mass is 1260 g/mol. The highest BCUT2D eigenvalue weighted by Gasteiger charge is 2.41. The van der Waals surface area contributed by atoms with Gasteiger partial charge in [0.25, 0.3) is 0 Å². The first kappa shape index (κ1) is 52.7. The van der Waals surface area contributed by atoms with Crippen LogP contribution < -0.4 is 9.80 Å². The van der Waals surface area contributed by atoms with Crippen molar-refractivity contribution in [2.75, 3.05) is 9.80 Å². The third kappa shape index (κ3) is 8.42. The first-order chi connectivity index (χ1) is 40.7. The standard InChI is InChI=1S/C44H34N4S.C16H16.C14H6Br2N2S.2H2/c1-43(2)28-16-6-10-20-34(28)47(35-21-11-7-17-29(35)43)38-25-32-33(46-42-41(45-32)27-15-5-14-24-40(27)49-42)26-39(38)48-36-22-12-8-18-30(36)44(3,4)31-19-9-13-23-37(31)48;1-16(2)14-9-5-3-7-12(14)11-13-8-4-6-10-15(13)16;15-8-5-10-11(6-9(8)16)18-14-13(17-10)7-3-1-2-4-12(7)19-14;;/h5-26H,1-4H3;3-10H,11H2,1-2H3;1-6H;2*1H/i;;;1+2;. The zero-order valence-electron chi connectivity index (χ0n) is 47.2. The maximum absolute atomic E-state index is 5.36. The van der Waals surface area contributed by atoms with Crippen molar-refractivity contribution >= 4 is 152 Å². The lowest BCUT2D eigenvalue weighted by atomic mass is 9.69. The molecule has 1 aliphatic carbocycles. The van der Waals surface area contributed by atoms with Crippen molar-refractivity contribution in [3.63, 3.8) is 0 Å². The number of fused-ring (bicyclic) bond motifs is 14.